The van der Waals surface area contributed by atoms with Crippen LogP contribution in [0.2, 0.25) is 0 Å². The van der Waals surface area contributed by atoms with Crippen molar-refractivity contribution < 1.29 is 69.2 Å². The van der Waals surface area contributed by atoms with Crippen molar-refractivity contribution in [2.75, 3.05) is 52.0 Å². The van der Waals surface area contributed by atoms with Crippen molar-refractivity contribution in [1.82, 2.24) is 46.0 Å². The lowest BCUT2D eigenvalue weighted by molar-refractivity contribution is -0.220. The van der Waals surface area contributed by atoms with Gasteiger partial charge in [0, 0.05) is 72.9 Å². The molecule has 3 saturated heterocycles. The Morgan fingerprint density at radius 1 is 0.821 bits per heavy atom. The van der Waals surface area contributed by atoms with Crippen molar-refractivity contribution >= 4 is 29.8 Å². The molecule has 2 aromatic carbocycles. The van der Waals surface area contributed by atoms with Crippen LogP contribution in [0.3, 0.4) is 0 Å². The molecule has 78 heavy (non-hydrogen) atoms. The number of rotatable bonds is 18. The molecular weight excluding hydrogens is 1040 g/mol. The number of aromatic nitrogens is 3. The van der Waals surface area contributed by atoms with Gasteiger partial charge in [0.2, 0.25) is 5.91 Å². The Bertz CT molecular complexity index is 2800. The van der Waals surface area contributed by atoms with E-state index in [1.54, 1.807) is 51.2 Å². The third-order valence-electron chi connectivity index (χ3n) is 14.3. The average Bonchev–Trinajstić information content (AvgIpc) is 3.96. The zero-order valence-corrected chi connectivity index (χ0v) is 44.0. The molecule has 7 rings (SSSR count). The standard InChI is InChI=1S/C53H63F7N10O8/c1-51(2,3)44(63-49(74)76-6)47(73)66-68(26-37-38(54)21-33(22-39(37)55)40-18-19-69(65-40)48(56)57)27-42(71)41(62-46(72)45(64-50(75)77-7)52(4,5)53(58,59)60)20-31-11-8-30(9-12-31)10-13-32-14-17-43(61-23-32)67-24-34-15-16-35(25-67)70(34)36-28-78-29-36/h8-9,11-12,14,17-19,21-23,34-36,41-42,44-45,48,71H,15-16,20,24-29H2,1-7H3,(H,62,72)(H,63,74)(H,64,75)(H,66,73)/p+1/t34?,35?,41-,42-,44+,45+/m0/s1. The van der Waals surface area contributed by atoms with Crippen LogP contribution in [-0.4, -0.2) is 154 Å². The Labute approximate surface area is 446 Å². The molecule has 2 bridgehead atoms. The molecular formula is C53H64F7N10O8+. The van der Waals surface area contributed by atoms with E-state index in [-0.39, 0.29) is 22.4 Å². The van der Waals surface area contributed by atoms with Gasteiger partial charge in [-0.2, -0.15) is 27.1 Å². The van der Waals surface area contributed by atoms with Crippen LogP contribution in [0.4, 0.5) is 46.1 Å². The molecule has 2 aromatic heterocycles. The Balaban J connectivity index is 1.16. The first-order valence-electron chi connectivity index (χ1n) is 25.1. The number of carbonyl (C=O) groups is 4. The number of ether oxygens (including phenoxy) is 3. The van der Waals surface area contributed by atoms with E-state index >= 15 is 8.78 Å². The largest absolute Gasteiger partial charge is 0.453 e. The van der Waals surface area contributed by atoms with Crippen molar-refractivity contribution in [3.63, 3.8) is 0 Å². The number of aliphatic hydroxyl groups excluding tert-OH is 1. The summed E-state index contributed by atoms with van der Waals surface area (Å²) in [6.07, 6.45) is -4.83. The second kappa shape index (κ2) is 24.3. The van der Waals surface area contributed by atoms with Gasteiger partial charge >= 0.3 is 24.9 Å². The molecule has 3 fully saturated rings. The predicted molar refractivity (Wildman–Crippen MR) is 270 cm³/mol. The molecule has 0 aliphatic carbocycles. The van der Waals surface area contributed by atoms with Gasteiger partial charge in [-0.25, -0.2) is 33.0 Å². The number of methoxy groups -OCH3 is 2. The Morgan fingerprint density at radius 2 is 1.41 bits per heavy atom. The fourth-order valence-electron chi connectivity index (χ4n) is 9.65. The van der Waals surface area contributed by atoms with Gasteiger partial charge in [-0.15, -0.1) is 0 Å². The third-order valence-corrected chi connectivity index (χ3v) is 14.3. The number of halogens is 7. The van der Waals surface area contributed by atoms with Crippen LogP contribution in [0.5, 0.6) is 0 Å². The molecule has 4 aromatic rings. The normalized spacial score (nSPS) is 18.5. The number of alkyl halides is 5. The van der Waals surface area contributed by atoms with Gasteiger partial charge in [0.05, 0.1) is 37.5 Å². The van der Waals surface area contributed by atoms with Crippen molar-refractivity contribution in [2.45, 2.75) is 116 Å². The Morgan fingerprint density at radius 3 is 1.92 bits per heavy atom. The molecule has 2 unspecified atom stereocenters. The zero-order chi connectivity index (χ0) is 56.9. The average molecular weight is 1100 g/mol. The summed E-state index contributed by atoms with van der Waals surface area (Å²) < 4.78 is 116. The van der Waals surface area contributed by atoms with Crippen molar-refractivity contribution in [1.29, 1.82) is 0 Å². The topological polar surface area (TPSA) is 208 Å². The number of benzene rings is 2. The number of alkyl carbamates (subject to hydrolysis) is 2. The van der Waals surface area contributed by atoms with Crippen LogP contribution in [0.1, 0.15) is 76.3 Å². The first-order chi connectivity index (χ1) is 36.8. The summed E-state index contributed by atoms with van der Waals surface area (Å²) in [4.78, 5) is 62.7. The van der Waals surface area contributed by atoms with Gasteiger partial charge in [0.15, 0.2) is 13.2 Å². The molecule has 3 aliphatic heterocycles. The van der Waals surface area contributed by atoms with Crippen LogP contribution >= 0.6 is 0 Å². The first-order valence-corrected chi connectivity index (χ1v) is 25.1. The SMILES string of the molecule is COC(=O)N[C@H](C(=O)NN(Cc1c(F)cc(-c2ccn(C(F)F)n2)cc1F)C[C@H](O)[C@H](Cc1ccc(C#Cc2ccc(N3CC4CCC(C3)N4C3C[OH+]C3)nc2)cc1)NC(=O)[C@@H](NC(=O)OC)C(C)(C)C(F)(F)F)C(C)(C)C. The number of anilines is 1. The van der Waals surface area contributed by atoms with E-state index in [1.807, 2.05) is 17.4 Å². The predicted octanol–water partition coefficient (Wildman–Crippen LogP) is 5.59. The highest BCUT2D eigenvalue weighted by atomic mass is 19.4. The fraction of sp³-hybridized carbons (Fsp3) is 0.509. The van der Waals surface area contributed by atoms with Crippen LogP contribution in [-0.2, 0) is 32.0 Å². The van der Waals surface area contributed by atoms with E-state index in [0.717, 1.165) is 88.6 Å². The number of carbonyl (C=O) groups excluding carboxylic acids is 4. The summed E-state index contributed by atoms with van der Waals surface area (Å²) in [7, 11) is 1.93. The number of hydrogen-bond donors (Lipinski definition) is 5. The molecule has 25 heteroatoms. The molecule has 6 atom stereocenters. The maximum Gasteiger partial charge on any atom is 0.407 e. The van der Waals surface area contributed by atoms with Gasteiger partial charge in [-0.05, 0) is 86.6 Å². The van der Waals surface area contributed by atoms with Gasteiger partial charge < -0.3 is 40.2 Å². The fourth-order valence-corrected chi connectivity index (χ4v) is 9.65. The summed E-state index contributed by atoms with van der Waals surface area (Å²) in [6, 6.07) is 9.15. The highest BCUT2D eigenvalue weighted by Crippen LogP contribution is 2.41. The molecule has 4 amide bonds. The van der Waals surface area contributed by atoms with E-state index in [2.05, 4.69) is 52.3 Å². The van der Waals surface area contributed by atoms with Crippen LogP contribution < -0.4 is 26.3 Å². The molecule has 0 radical (unpaired) electrons. The van der Waals surface area contributed by atoms with E-state index < -0.39 is 102 Å². The zero-order valence-electron chi connectivity index (χ0n) is 44.0. The minimum absolute atomic E-state index is 0.204. The number of amides is 4. The highest BCUT2D eigenvalue weighted by Gasteiger charge is 2.56. The lowest BCUT2D eigenvalue weighted by Crippen LogP contribution is -2.63. The quantitative estimate of drug-likeness (QED) is 0.0358. The monoisotopic (exact) mass is 1100 g/mol. The number of pyridine rings is 1. The summed E-state index contributed by atoms with van der Waals surface area (Å²) in [5.74, 6) is 2.16. The number of nitrogens with one attached hydrogen (secondary N) is 4. The number of hydrazine groups is 1. The lowest BCUT2D eigenvalue weighted by atomic mass is 9.82. The number of aliphatic hydroxyl groups is 3. The van der Waals surface area contributed by atoms with Gasteiger partial charge in [-0.3, -0.25) is 19.9 Å². The van der Waals surface area contributed by atoms with Crippen molar-refractivity contribution in [2.24, 2.45) is 10.8 Å². The van der Waals surface area contributed by atoms with Crippen LogP contribution in [0.25, 0.3) is 11.3 Å². The molecule has 0 saturated carbocycles. The highest BCUT2D eigenvalue weighted by molar-refractivity contribution is 5.87. The molecule has 18 nitrogen and oxygen atoms in total. The van der Waals surface area contributed by atoms with E-state index in [9.17, 15) is 46.2 Å². The Kier molecular flexibility index (Phi) is 18.3. The minimum Gasteiger partial charge on any atom is -0.453 e. The number of piperazine rings is 1. The van der Waals surface area contributed by atoms with Gasteiger partial charge in [-0.1, -0.05) is 44.7 Å². The molecule has 5 heterocycles. The van der Waals surface area contributed by atoms with Gasteiger partial charge in [0.1, 0.15) is 35.6 Å². The molecule has 0 spiro atoms. The van der Waals surface area contributed by atoms with Crippen LogP contribution in [0, 0.1) is 34.3 Å². The second-order valence-electron chi connectivity index (χ2n) is 21.2. The number of nitrogens with zero attached hydrogens (tertiary/aromatic N) is 6. The summed E-state index contributed by atoms with van der Waals surface area (Å²) in [6.45, 7) is 4.92. The summed E-state index contributed by atoms with van der Waals surface area (Å²) >= 11 is 0. The van der Waals surface area contributed by atoms with Crippen molar-refractivity contribution in [3.8, 4) is 23.1 Å². The smallest absolute Gasteiger partial charge is 0.407 e. The van der Waals surface area contributed by atoms with E-state index in [4.69, 9.17) is 9.72 Å². The maximum absolute atomic E-state index is 16.0. The summed E-state index contributed by atoms with van der Waals surface area (Å²) in [5.41, 5.74) is -1.09. The van der Waals surface area contributed by atoms with Crippen LogP contribution in [0.15, 0.2) is 67.0 Å². The molecule has 3 aliphatic rings. The first kappa shape index (κ1) is 58.7. The summed E-state index contributed by atoms with van der Waals surface area (Å²) in [5, 5.41) is 23.4. The van der Waals surface area contributed by atoms with Crippen molar-refractivity contribution in [3.05, 3.63) is 101 Å². The molecule has 6 N–H and O–H groups in total. The van der Waals surface area contributed by atoms with Gasteiger partial charge in [0.25, 0.3) is 5.91 Å². The lowest BCUT2D eigenvalue weighted by Gasteiger charge is -2.45. The minimum atomic E-state index is -5.09. The number of hydrogen-bond acceptors (Lipinski definition) is 12. The van der Waals surface area contributed by atoms with E-state index in [0.29, 0.717) is 48.7 Å². The second-order valence-corrected chi connectivity index (χ2v) is 21.2. The Hall–Kier alpha value is -7.01. The molecule has 422 valence electrons. The number of fused-ring (bicyclic) bond motifs is 2. The van der Waals surface area contributed by atoms with E-state index in [1.165, 1.54) is 0 Å². The maximum atomic E-state index is 16.0. The third kappa shape index (κ3) is 14.0.